The second kappa shape index (κ2) is 5.04. The SMILES string of the molecule is C=C(CC)C(C)=CC=CC. The first kappa shape index (κ1) is 9.22. The molecule has 0 amide bonds. The van der Waals surface area contributed by atoms with Crippen LogP contribution in [-0.2, 0) is 0 Å². The Balaban J connectivity index is 4.05. The highest BCUT2D eigenvalue weighted by Crippen LogP contribution is 2.09. The molecule has 0 rings (SSSR count). The standard InChI is InChI=1S/C10H16/c1-5-7-8-10(4)9(3)6-2/h5,7-8H,3,6H2,1-2,4H3. The average Bonchev–Trinajstić information content (AvgIpc) is 1.98. The zero-order valence-electron chi connectivity index (χ0n) is 7.15. The van der Waals surface area contributed by atoms with E-state index in [0.29, 0.717) is 0 Å². The first-order valence-electron chi connectivity index (χ1n) is 3.70. The van der Waals surface area contributed by atoms with Gasteiger partial charge in [0.1, 0.15) is 0 Å². The van der Waals surface area contributed by atoms with Crippen LogP contribution in [-0.4, -0.2) is 0 Å². The summed E-state index contributed by atoms with van der Waals surface area (Å²) in [7, 11) is 0. The summed E-state index contributed by atoms with van der Waals surface area (Å²) in [6, 6.07) is 0. The van der Waals surface area contributed by atoms with Crippen LogP contribution in [0.2, 0.25) is 0 Å². The fourth-order valence-electron chi connectivity index (χ4n) is 0.637. The fourth-order valence-corrected chi connectivity index (χ4v) is 0.637. The molecule has 0 nitrogen and oxygen atoms in total. The Morgan fingerprint density at radius 3 is 2.50 bits per heavy atom. The fraction of sp³-hybridized carbons (Fsp3) is 0.400. The molecule has 0 radical (unpaired) electrons. The van der Waals surface area contributed by atoms with E-state index in [4.69, 9.17) is 0 Å². The number of hydrogen-bond acceptors (Lipinski definition) is 0. The topological polar surface area (TPSA) is 0 Å². The third kappa shape index (κ3) is 3.29. The molecule has 0 bridgehead atoms. The van der Waals surface area contributed by atoms with Gasteiger partial charge in [-0.15, -0.1) is 0 Å². The highest BCUT2D eigenvalue weighted by atomic mass is 13.9. The molecule has 0 aromatic heterocycles. The van der Waals surface area contributed by atoms with Crippen molar-refractivity contribution >= 4 is 0 Å². The van der Waals surface area contributed by atoms with E-state index in [1.807, 2.05) is 19.1 Å². The van der Waals surface area contributed by atoms with Gasteiger partial charge < -0.3 is 0 Å². The van der Waals surface area contributed by atoms with Crippen molar-refractivity contribution in [1.29, 1.82) is 0 Å². The lowest BCUT2D eigenvalue weighted by Gasteiger charge is -1.98. The normalized spacial score (nSPS) is 12.5. The second-order valence-electron chi connectivity index (χ2n) is 2.33. The van der Waals surface area contributed by atoms with Crippen LogP contribution in [0.4, 0.5) is 0 Å². The molecule has 0 aliphatic rings. The maximum atomic E-state index is 3.92. The van der Waals surface area contributed by atoms with E-state index in [9.17, 15) is 0 Å². The van der Waals surface area contributed by atoms with E-state index >= 15 is 0 Å². The van der Waals surface area contributed by atoms with Gasteiger partial charge in [-0.1, -0.05) is 37.3 Å². The van der Waals surface area contributed by atoms with Crippen molar-refractivity contribution in [3.63, 3.8) is 0 Å². The summed E-state index contributed by atoms with van der Waals surface area (Å²) < 4.78 is 0. The first-order chi connectivity index (χ1) is 4.72. The Morgan fingerprint density at radius 2 is 2.10 bits per heavy atom. The van der Waals surface area contributed by atoms with Crippen LogP contribution < -0.4 is 0 Å². The van der Waals surface area contributed by atoms with Crippen LogP contribution in [0.3, 0.4) is 0 Å². The molecule has 10 heavy (non-hydrogen) atoms. The minimum Gasteiger partial charge on any atom is -0.0956 e. The summed E-state index contributed by atoms with van der Waals surface area (Å²) in [5.41, 5.74) is 2.50. The Bertz CT molecular complexity index is 159. The highest BCUT2D eigenvalue weighted by molar-refractivity contribution is 5.28. The summed E-state index contributed by atoms with van der Waals surface area (Å²) in [6.45, 7) is 10.1. The van der Waals surface area contributed by atoms with Gasteiger partial charge >= 0.3 is 0 Å². The van der Waals surface area contributed by atoms with Gasteiger partial charge in [0.25, 0.3) is 0 Å². The molecular weight excluding hydrogens is 120 g/mol. The molecule has 0 N–H and O–H groups in total. The summed E-state index contributed by atoms with van der Waals surface area (Å²) in [4.78, 5) is 0. The van der Waals surface area contributed by atoms with Crippen LogP contribution in [0.25, 0.3) is 0 Å². The van der Waals surface area contributed by atoms with Crippen molar-refractivity contribution < 1.29 is 0 Å². The van der Waals surface area contributed by atoms with Gasteiger partial charge in [0.2, 0.25) is 0 Å². The van der Waals surface area contributed by atoms with Gasteiger partial charge in [0.15, 0.2) is 0 Å². The van der Waals surface area contributed by atoms with E-state index in [1.165, 1.54) is 11.1 Å². The summed E-state index contributed by atoms with van der Waals surface area (Å²) in [6.07, 6.45) is 7.19. The molecule has 0 spiro atoms. The van der Waals surface area contributed by atoms with Crippen LogP contribution in [0, 0.1) is 0 Å². The molecule has 0 aromatic carbocycles. The lowest BCUT2D eigenvalue weighted by molar-refractivity contribution is 1.11. The third-order valence-corrected chi connectivity index (χ3v) is 1.52. The molecule has 0 heterocycles. The van der Waals surface area contributed by atoms with Crippen LogP contribution in [0.5, 0.6) is 0 Å². The molecule has 0 aliphatic carbocycles. The minimum absolute atomic E-state index is 1.04. The third-order valence-electron chi connectivity index (χ3n) is 1.52. The zero-order chi connectivity index (χ0) is 7.98. The maximum absolute atomic E-state index is 3.92. The van der Waals surface area contributed by atoms with E-state index in [1.54, 1.807) is 0 Å². The van der Waals surface area contributed by atoms with Crippen LogP contribution in [0.15, 0.2) is 36.0 Å². The average molecular weight is 136 g/mol. The predicted octanol–water partition coefficient (Wildman–Crippen LogP) is 3.48. The summed E-state index contributed by atoms with van der Waals surface area (Å²) in [5.74, 6) is 0. The molecule has 0 aliphatic heterocycles. The molecular formula is C10H16. The Hall–Kier alpha value is -0.780. The minimum atomic E-state index is 1.04. The largest absolute Gasteiger partial charge is 0.0956 e. The van der Waals surface area contributed by atoms with E-state index in [2.05, 4.69) is 26.5 Å². The molecule has 0 heteroatoms. The van der Waals surface area contributed by atoms with Gasteiger partial charge in [0, 0.05) is 0 Å². The molecule has 0 atom stereocenters. The zero-order valence-corrected chi connectivity index (χ0v) is 7.15. The van der Waals surface area contributed by atoms with Crippen molar-refractivity contribution in [2.45, 2.75) is 27.2 Å². The number of rotatable bonds is 3. The Morgan fingerprint density at radius 1 is 1.50 bits per heavy atom. The van der Waals surface area contributed by atoms with Gasteiger partial charge in [-0.25, -0.2) is 0 Å². The number of allylic oxidation sites excluding steroid dienone is 5. The smallest absolute Gasteiger partial charge is 0.0311 e. The van der Waals surface area contributed by atoms with Gasteiger partial charge in [-0.3, -0.25) is 0 Å². The van der Waals surface area contributed by atoms with E-state index in [0.717, 1.165) is 6.42 Å². The molecule has 0 saturated heterocycles. The van der Waals surface area contributed by atoms with Crippen molar-refractivity contribution in [3.8, 4) is 0 Å². The molecule has 0 fully saturated rings. The second-order valence-corrected chi connectivity index (χ2v) is 2.33. The summed E-state index contributed by atoms with van der Waals surface area (Å²) in [5, 5.41) is 0. The molecule has 0 unspecified atom stereocenters. The lowest BCUT2D eigenvalue weighted by Crippen LogP contribution is -1.78. The molecule has 56 valence electrons. The summed E-state index contributed by atoms with van der Waals surface area (Å²) >= 11 is 0. The van der Waals surface area contributed by atoms with Gasteiger partial charge in [-0.05, 0) is 25.8 Å². The van der Waals surface area contributed by atoms with Gasteiger partial charge in [0.05, 0.1) is 0 Å². The Labute approximate surface area is 64.0 Å². The van der Waals surface area contributed by atoms with E-state index in [-0.39, 0.29) is 0 Å². The lowest BCUT2D eigenvalue weighted by atomic mass is 10.1. The van der Waals surface area contributed by atoms with Crippen LogP contribution in [0.1, 0.15) is 27.2 Å². The molecule has 0 aromatic rings. The van der Waals surface area contributed by atoms with E-state index < -0.39 is 0 Å². The molecule has 0 saturated carbocycles. The van der Waals surface area contributed by atoms with Crippen molar-refractivity contribution in [1.82, 2.24) is 0 Å². The monoisotopic (exact) mass is 136 g/mol. The highest BCUT2D eigenvalue weighted by Gasteiger charge is 1.89. The quantitative estimate of drug-likeness (QED) is 0.521. The van der Waals surface area contributed by atoms with Crippen molar-refractivity contribution in [2.24, 2.45) is 0 Å². The van der Waals surface area contributed by atoms with Crippen LogP contribution >= 0.6 is 0 Å². The predicted molar refractivity (Wildman–Crippen MR) is 48.0 cm³/mol. The van der Waals surface area contributed by atoms with Crippen molar-refractivity contribution in [3.05, 3.63) is 36.0 Å². The van der Waals surface area contributed by atoms with Crippen molar-refractivity contribution in [2.75, 3.05) is 0 Å². The van der Waals surface area contributed by atoms with Gasteiger partial charge in [-0.2, -0.15) is 0 Å². The maximum Gasteiger partial charge on any atom is -0.0311 e. The Kier molecular flexibility index (Phi) is 4.65. The number of hydrogen-bond donors (Lipinski definition) is 0. The first-order valence-corrected chi connectivity index (χ1v) is 3.70.